The summed E-state index contributed by atoms with van der Waals surface area (Å²) in [4.78, 5) is 11.5. The number of aryl methyl sites for hydroxylation is 1. The maximum Gasteiger partial charge on any atom is 0.407 e. The van der Waals surface area contributed by atoms with Gasteiger partial charge < -0.3 is 15.3 Å². The van der Waals surface area contributed by atoms with Crippen molar-refractivity contribution in [1.29, 1.82) is 0 Å². The van der Waals surface area contributed by atoms with Crippen LogP contribution in [0.15, 0.2) is 59.5 Å². The highest BCUT2D eigenvalue weighted by Crippen LogP contribution is 2.29. The molecule has 1 amide bonds. The van der Waals surface area contributed by atoms with Gasteiger partial charge in [0.15, 0.2) is 0 Å². The molecule has 0 bridgehead atoms. The SMILES string of the molecule is C[C@@H](N[C@@H]1CCN(C(=O)O)CC1(F)F)c1ccccc1.Cc1ccc(S(=O)(=O)O)cc1. The van der Waals surface area contributed by atoms with Crippen molar-refractivity contribution in [3.05, 3.63) is 65.7 Å². The van der Waals surface area contributed by atoms with Gasteiger partial charge >= 0.3 is 6.09 Å². The number of benzene rings is 2. The summed E-state index contributed by atoms with van der Waals surface area (Å²) >= 11 is 0. The molecule has 1 aliphatic rings. The molecule has 1 aliphatic heterocycles. The van der Waals surface area contributed by atoms with Gasteiger partial charge in [-0.15, -0.1) is 0 Å². The Morgan fingerprint density at radius 2 is 1.74 bits per heavy atom. The molecular weight excluding hydrogens is 430 g/mol. The van der Waals surface area contributed by atoms with E-state index in [1.54, 1.807) is 12.1 Å². The fourth-order valence-corrected chi connectivity index (χ4v) is 3.64. The van der Waals surface area contributed by atoms with E-state index >= 15 is 0 Å². The van der Waals surface area contributed by atoms with Crippen LogP contribution in [0.5, 0.6) is 0 Å². The Morgan fingerprint density at radius 1 is 1.16 bits per heavy atom. The predicted octanol–water partition coefficient (Wildman–Crippen LogP) is 3.97. The minimum absolute atomic E-state index is 0.0666. The number of carbonyl (C=O) groups is 1. The molecule has 3 rings (SSSR count). The number of hydrogen-bond donors (Lipinski definition) is 3. The Balaban J connectivity index is 0.000000262. The molecule has 1 saturated heterocycles. The van der Waals surface area contributed by atoms with Crippen LogP contribution in [0.4, 0.5) is 13.6 Å². The molecule has 31 heavy (non-hydrogen) atoms. The van der Waals surface area contributed by atoms with Gasteiger partial charge in [0.1, 0.15) is 0 Å². The van der Waals surface area contributed by atoms with E-state index in [1.807, 2.05) is 44.2 Å². The molecule has 2 aromatic rings. The Hall–Kier alpha value is -2.56. The number of hydrogen-bond acceptors (Lipinski definition) is 4. The van der Waals surface area contributed by atoms with Crippen LogP contribution in [-0.2, 0) is 10.1 Å². The van der Waals surface area contributed by atoms with E-state index in [0.717, 1.165) is 16.0 Å². The van der Waals surface area contributed by atoms with E-state index in [4.69, 9.17) is 9.66 Å². The highest BCUT2D eigenvalue weighted by molar-refractivity contribution is 7.85. The molecule has 0 radical (unpaired) electrons. The Kier molecular flexibility index (Phi) is 8.10. The largest absolute Gasteiger partial charge is 0.465 e. The summed E-state index contributed by atoms with van der Waals surface area (Å²) in [5.74, 6) is -3.06. The van der Waals surface area contributed by atoms with Crippen molar-refractivity contribution < 1.29 is 31.7 Å². The number of nitrogens with zero attached hydrogens (tertiary/aromatic N) is 1. The summed E-state index contributed by atoms with van der Waals surface area (Å²) in [7, 11) is -4.02. The van der Waals surface area contributed by atoms with Crippen LogP contribution in [0, 0.1) is 6.92 Å². The zero-order valence-corrected chi connectivity index (χ0v) is 18.0. The van der Waals surface area contributed by atoms with Crippen molar-refractivity contribution in [3.63, 3.8) is 0 Å². The number of halogens is 2. The molecule has 1 heterocycles. The molecule has 0 aliphatic carbocycles. The van der Waals surface area contributed by atoms with Crippen LogP contribution < -0.4 is 5.32 Å². The molecule has 170 valence electrons. The first-order valence-electron chi connectivity index (χ1n) is 9.61. The lowest BCUT2D eigenvalue weighted by atomic mass is 9.98. The fraction of sp³-hybridized carbons (Fsp3) is 0.381. The number of carboxylic acid groups (broad SMARTS) is 1. The van der Waals surface area contributed by atoms with Crippen LogP contribution >= 0.6 is 0 Å². The number of piperidine rings is 1. The molecule has 3 N–H and O–H groups in total. The van der Waals surface area contributed by atoms with Crippen molar-refractivity contribution in [1.82, 2.24) is 10.2 Å². The predicted molar refractivity (Wildman–Crippen MR) is 112 cm³/mol. The van der Waals surface area contributed by atoms with Gasteiger partial charge in [-0.2, -0.15) is 8.42 Å². The van der Waals surface area contributed by atoms with E-state index in [-0.39, 0.29) is 23.9 Å². The summed E-state index contributed by atoms with van der Waals surface area (Å²) in [5, 5.41) is 11.7. The van der Waals surface area contributed by atoms with Gasteiger partial charge in [-0.05, 0) is 38.0 Å². The molecule has 1 fully saturated rings. The van der Waals surface area contributed by atoms with Gasteiger partial charge in [-0.1, -0.05) is 48.0 Å². The zero-order chi connectivity index (χ0) is 23.2. The lowest BCUT2D eigenvalue weighted by Gasteiger charge is -2.38. The quantitative estimate of drug-likeness (QED) is 0.601. The first-order valence-corrected chi connectivity index (χ1v) is 11.0. The molecule has 0 aromatic heterocycles. The summed E-state index contributed by atoms with van der Waals surface area (Å²) in [6, 6.07) is 14.1. The minimum Gasteiger partial charge on any atom is -0.465 e. The first kappa shape index (κ1) is 24.7. The maximum absolute atomic E-state index is 14.0. The molecular formula is C21H26F2N2O5S. The van der Waals surface area contributed by atoms with Gasteiger partial charge in [-0.3, -0.25) is 4.55 Å². The molecule has 10 heteroatoms. The second-order valence-corrected chi connectivity index (χ2v) is 8.82. The number of likely N-dealkylation sites (tertiary alicyclic amines) is 1. The number of nitrogens with one attached hydrogen (secondary N) is 1. The Labute approximate surface area is 180 Å². The lowest BCUT2D eigenvalue weighted by Crippen LogP contribution is -2.58. The second kappa shape index (κ2) is 10.2. The van der Waals surface area contributed by atoms with Crippen LogP contribution in [-0.4, -0.2) is 54.1 Å². The molecule has 0 spiro atoms. The molecule has 2 atom stereocenters. The summed E-state index contributed by atoms with van der Waals surface area (Å²) in [5.41, 5.74) is 1.89. The highest BCUT2D eigenvalue weighted by atomic mass is 32.2. The van der Waals surface area contributed by atoms with Crippen LogP contribution in [0.25, 0.3) is 0 Å². The van der Waals surface area contributed by atoms with Crippen molar-refractivity contribution in [3.8, 4) is 0 Å². The lowest BCUT2D eigenvalue weighted by molar-refractivity contribution is -0.0860. The third-order valence-corrected chi connectivity index (χ3v) is 5.81. The van der Waals surface area contributed by atoms with Gasteiger partial charge in [0, 0.05) is 12.6 Å². The van der Waals surface area contributed by atoms with Crippen molar-refractivity contribution in [2.45, 2.75) is 43.2 Å². The van der Waals surface area contributed by atoms with E-state index < -0.39 is 34.7 Å². The standard InChI is InChI=1S/C14H18F2N2O2.C7H8O3S/c1-10(11-5-3-2-4-6-11)17-12-7-8-18(13(19)20)9-14(12,15)16;1-6-2-4-7(5-3-6)11(8,9)10/h2-6,10,12,17H,7-9H2,1H3,(H,19,20);2-5H,1H3,(H,8,9,10)/t10-,12-;/m1./s1. The van der Waals surface area contributed by atoms with Crippen molar-refractivity contribution in [2.75, 3.05) is 13.1 Å². The van der Waals surface area contributed by atoms with Crippen LogP contribution in [0.1, 0.15) is 30.5 Å². The number of rotatable bonds is 4. The average Bonchev–Trinajstić information content (AvgIpc) is 2.70. The zero-order valence-electron chi connectivity index (χ0n) is 17.2. The van der Waals surface area contributed by atoms with Crippen LogP contribution in [0.2, 0.25) is 0 Å². The minimum atomic E-state index is -4.02. The van der Waals surface area contributed by atoms with Crippen molar-refractivity contribution in [2.24, 2.45) is 0 Å². The average molecular weight is 457 g/mol. The van der Waals surface area contributed by atoms with E-state index in [2.05, 4.69) is 5.32 Å². The summed E-state index contributed by atoms with van der Waals surface area (Å²) in [6.45, 7) is 3.05. The summed E-state index contributed by atoms with van der Waals surface area (Å²) < 4.78 is 57.5. The topological polar surface area (TPSA) is 107 Å². The molecule has 0 saturated carbocycles. The van der Waals surface area contributed by atoms with E-state index in [1.165, 1.54) is 12.1 Å². The van der Waals surface area contributed by atoms with Gasteiger partial charge in [0.05, 0.1) is 17.5 Å². The Morgan fingerprint density at radius 3 is 2.23 bits per heavy atom. The summed E-state index contributed by atoms with van der Waals surface area (Å²) in [6.07, 6.45) is -1.18. The van der Waals surface area contributed by atoms with E-state index in [0.29, 0.717) is 0 Å². The fourth-order valence-electron chi connectivity index (χ4n) is 3.16. The smallest absolute Gasteiger partial charge is 0.407 e. The number of alkyl halides is 2. The van der Waals surface area contributed by atoms with Gasteiger partial charge in [0.25, 0.3) is 16.0 Å². The van der Waals surface area contributed by atoms with E-state index in [9.17, 15) is 22.0 Å². The molecule has 0 unspecified atom stereocenters. The molecule has 2 aromatic carbocycles. The second-order valence-electron chi connectivity index (χ2n) is 7.39. The van der Waals surface area contributed by atoms with Crippen LogP contribution in [0.3, 0.4) is 0 Å². The van der Waals surface area contributed by atoms with Gasteiger partial charge in [-0.25, -0.2) is 13.6 Å². The monoisotopic (exact) mass is 456 g/mol. The third-order valence-electron chi connectivity index (χ3n) is 4.94. The highest BCUT2D eigenvalue weighted by Gasteiger charge is 2.46. The first-order chi connectivity index (χ1) is 14.4. The normalized spacial score (nSPS) is 19.1. The Bertz CT molecular complexity index is 969. The van der Waals surface area contributed by atoms with Gasteiger partial charge in [0.2, 0.25) is 0 Å². The number of amides is 1. The maximum atomic E-state index is 14.0. The molecule has 7 nitrogen and oxygen atoms in total. The third kappa shape index (κ3) is 7.27. The van der Waals surface area contributed by atoms with Crippen molar-refractivity contribution >= 4 is 16.2 Å².